The van der Waals surface area contributed by atoms with Gasteiger partial charge in [0.15, 0.2) is 5.78 Å². The average molecular weight is 542 g/mol. The molecular formula is C31H34F3NO4. The summed E-state index contributed by atoms with van der Waals surface area (Å²) in [6.07, 6.45) is -1.11. The summed E-state index contributed by atoms with van der Waals surface area (Å²) in [5.74, 6) is -0.487. The van der Waals surface area contributed by atoms with Crippen molar-refractivity contribution in [2.24, 2.45) is 5.41 Å². The molecule has 0 bridgehead atoms. The number of pyridine rings is 1. The van der Waals surface area contributed by atoms with Crippen molar-refractivity contribution in [2.75, 3.05) is 0 Å². The summed E-state index contributed by atoms with van der Waals surface area (Å²) in [5, 5.41) is 8.78. The van der Waals surface area contributed by atoms with Gasteiger partial charge in [-0.15, -0.1) is 0 Å². The number of Topliss-reactive ketones (excluding diaryl/α,β-unsaturated/α-hetero) is 1. The summed E-state index contributed by atoms with van der Waals surface area (Å²) in [6.45, 7) is 8.27. The first-order valence-corrected chi connectivity index (χ1v) is 12.9. The molecule has 0 aliphatic carbocycles. The number of carbonyl (C=O) groups excluding carboxylic acids is 1. The molecule has 39 heavy (non-hydrogen) atoms. The molecule has 2 aromatic carbocycles. The largest absolute Gasteiger partial charge is 0.484 e. The SMILES string of the molecule is Cc1cc(OC(CCC(C)(C)C)c2ccc(C(=O)CCCC(=O)O)cc2)cnc1-c1ccc(C(F)(F)F)cc1. The van der Waals surface area contributed by atoms with E-state index in [2.05, 4.69) is 25.8 Å². The van der Waals surface area contributed by atoms with Gasteiger partial charge in [-0.3, -0.25) is 14.6 Å². The molecule has 5 nitrogen and oxygen atoms in total. The van der Waals surface area contributed by atoms with Crippen molar-refractivity contribution in [3.63, 3.8) is 0 Å². The van der Waals surface area contributed by atoms with E-state index in [1.54, 1.807) is 18.3 Å². The molecule has 0 aliphatic heterocycles. The van der Waals surface area contributed by atoms with E-state index >= 15 is 0 Å². The Balaban J connectivity index is 1.78. The van der Waals surface area contributed by atoms with E-state index in [0.29, 0.717) is 29.0 Å². The summed E-state index contributed by atoms with van der Waals surface area (Å²) in [4.78, 5) is 27.6. The van der Waals surface area contributed by atoms with E-state index in [-0.39, 0.29) is 30.1 Å². The molecule has 0 radical (unpaired) electrons. The number of nitrogens with zero attached hydrogens (tertiary/aromatic N) is 1. The molecule has 3 aromatic rings. The number of halogens is 3. The third-order valence-corrected chi connectivity index (χ3v) is 6.37. The number of benzene rings is 2. The van der Waals surface area contributed by atoms with Crippen molar-refractivity contribution >= 4 is 11.8 Å². The smallest absolute Gasteiger partial charge is 0.416 e. The highest BCUT2D eigenvalue weighted by Crippen LogP contribution is 2.34. The molecule has 0 aliphatic rings. The Morgan fingerprint density at radius 1 is 0.974 bits per heavy atom. The van der Waals surface area contributed by atoms with Crippen molar-refractivity contribution < 1.29 is 32.6 Å². The van der Waals surface area contributed by atoms with Gasteiger partial charge in [-0.1, -0.05) is 57.2 Å². The first kappa shape index (κ1) is 29.9. The number of carboxylic acids is 1. The van der Waals surface area contributed by atoms with E-state index in [1.807, 2.05) is 25.1 Å². The van der Waals surface area contributed by atoms with Crippen LogP contribution in [0.2, 0.25) is 0 Å². The number of aliphatic carboxylic acids is 1. The summed E-state index contributed by atoms with van der Waals surface area (Å²) in [5.41, 5.74) is 2.71. The minimum atomic E-state index is -4.40. The Morgan fingerprint density at radius 3 is 2.15 bits per heavy atom. The number of hydrogen-bond donors (Lipinski definition) is 1. The zero-order valence-corrected chi connectivity index (χ0v) is 22.6. The molecule has 1 unspecified atom stereocenters. The van der Waals surface area contributed by atoms with Gasteiger partial charge in [0.2, 0.25) is 0 Å². The highest BCUT2D eigenvalue weighted by Gasteiger charge is 2.30. The molecule has 0 saturated carbocycles. The van der Waals surface area contributed by atoms with Crippen LogP contribution in [0.25, 0.3) is 11.3 Å². The van der Waals surface area contributed by atoms with Crippen LogP contribution in [0, 0.1) is 12.3 Å². The van der Waals surface area contributed by atoms with Crippen LogP contribution in [0.15, 0.2) is 60.8 Å². The number of aromatic nitrogens is 1. The van der Waals surface area contributed by atoms with E-state index in [4.69, 9.17) is 9.84 Å². The standard InChI is InChI=1S/C31H34F3NO4/c1-20-18-25(19-35-29(20)23-12-14-24(15-13-23)31(32,33)34)39-27(16-17-30(2,3)4)22-10-8-21(9-11-22)26(36)6-5-7-28(37)38/h8-15,18-19,27H,5-7,16-17H2,1-4H3,(H,37,38). The molecule has 1 atom stereocenters. The molecule has 0 fully saturated rings. The lowest BCUT2D eigenvalue weighted by Gasteiger charge is -2.25. The lowest BCUT2D eigenvalue weighted by molar-refractivity contribution is -0.138. The Labute approximate surface area is 227 Å². The zero-order valence-electron chi connectivity index (χ0n) is 22.6. The van der Waals surface area contributed by atoms with Gasteiger partial charge in [0, 0.05) is 24.0 Å². The van der Waals surface area contributed by atoms with Crippen LogP contribution in [-0.2, 0) is 11.0 Å². The van der Waals surface area contributed by atoms with Gasteiger partial charge in [0.1, 0.15) is 11.9 Å². The average Bonchev–Trinajstić information content (AvgIpc) is 2.85. The van der Waals surface area contributed by atoms with Gasteiger partial charge in [-0.2, -0.15) is 13.2 Å². The van der Waals surface area contributed by atoms with E-state index in [0.717, 1.165) is 36.1 Å². The Hall–Kier alpha value is -3.68. The third kappa shape index (κ3) is 8.94. The topological polar surface area (TPSA) is 76.5 Å². The minimum Gasteiger partial charge on any atom is -0.484 e. The number of alkyl halides is 3. The first-order valence-electron chi connectivity index (χ1n) is 12.9. The third-order valence-electron chi connectivity index (χ3n) is 6.37. The predicted molar refractivity (Wildman–Crippen MR) is 144 cm³/mol. The van der Waals surface area contributed by atoms with Crippen LogP contribution < -0.4 is 4.74 Å². The number of aryl methyl sites for hydroxylation is 1. The van der Waals surface area contributed by atoms with Crippen molar-refractivity contribution in [2.45, 2.75) is 72.1 Å². The van der Waals surface area contributed by atoms with Gasteiger partial charge in [-0.05, 0) is 60.9 Å². The second-order valence-corrected chi connectivity index (χ2v) is 10.9. The molecule has 8 heteroatoms. The zero-order chi connectivity index (χ0) is 28.8. The number of ketones is 1. The number of rotatable bonds is 11. The summed E-state index contributed by atoms with van der Waals surface area (Å²) >= 11 is 0. The highest BCUT2D eigenvalue weighted by molar-refractivity contribution is 5.96. The van der Waals surface area contributed by atoms with Gasteiger partial charge in [0.05, 0.1) is 17.5 Å². The maximum atomic E-state index is 12.9. The summed E-state index contributed by atoms with van der Waals surface area (Å²) < 4.78 is 45.1. The summed E-state index contributed by atoms with van der Waals surface area (Å²) in [7, 11) is 0. The van der Waals surface area contributed by atoms with Crippen LogP contribution >= 0.6 is 0 Å². The number of ether oxygens (including phenoxy) is 1. The maximum absolute atomic E-state index is 12.9. The number of carboxylic acid groups (broad SMARTS) is 1. The van der Waals surface area contributed by atoms with E-state index in [9.17, 15) is 22.8 Å². The molecule has 0 spiro atoms. The Morgan fingerprint density at radius 2 is 1.62 bits per heavy atom. The lowest BCUT2D eigenvalue weighted by atomic mass is 9.87. The van der Waals surface area contributed by atoms with Crippen LogP contribution in [0.4, 0.5) is 13.2 Å². The fourth-order valence-electron chi connectivity index (χ4n) is 4.18. The molecule has 3 rings (SSSR count). The van der Waals surface area contributed by atoms with Crippen LogP contribution in [-0.4, -0.2) is 21.8 Å². The molecule has 1 aromatic heterocycles. The molecular weight excluding hydrogens is 507 g/mol. The van der Waals surface area contributed by atoms with Gasteiger partial charge < -0.3 is 9.84 Å². The normalized spacial score (nSPS) is 12.7. The molecule has 0 saturated heterocycles. The summed E-state index contributed by atoms with van der Waals surface area (Å²) in [6, 6.07) is 13.9. The maximum Gasteiger partial charge on any atom is 0.416 e. The van der Waals surface area contributed by atoms with Crippen LogP contribution in [0.5, 0.6) is 5.75 Å². The molecule has 1 N–H and O–H groups in total. The Bertz CT molecular complexity index is 1280. The predicted octanol–water partition coefficient (Wildman–Crippen LogP) is 8.46. The Kier molecular flexibility index (Phi) is 9.54. The number of carbonyl (C=O) groups is 2. The van der Waals surface area contributed by atoms with E-state index < -0.39 is 17.7 Å². The van der Waals surface area contributed by atoms with E-state index in [1.165, 1.54) is 12.1 Å². The van der Waals surface area contributed by atoms with Gasteiger partial charge >= 0.3 is 12.1 Å². The van der Waals surface area contributed by atoms with Crippen molar-refractivity contribution in [3.05, 3.63) is 83.0 Å². The second-order valence-electron chi connectivity index (χ2n) is 10.9. The second kappa shape index (κ2) is 12.5. The number of hydrogen-bond acceptors (Lipinski definition) is 4. The molecule has 1 heterocycles. The molecule has 0 amide bonds. The first-order chi connectivity index (χ1) is 18.2. The van der Waals surface area contributed by atoms with Crippen LogP contribution in [0.3, 0.4) is 0 Å². The quantitative estimate of drug-likeness (QED) is 0.247. The monoisotopic (exact) mass is 541 g/mol. The van der Waals surface area contributed by atoms with Crippen LogP contribution in [0.1, 0.15) is 86.0 Å². The van der Waals surface area contributed by atoms with Crippen molar-refractivity contribution in [3.8, 4) is 17.0 Å². The lowest BCUT2D eigenvalue weighted by Crippen LogP contribution is -2.13. The molecule has 208 valence electrons. The van der Waals surface area contributed by atoms with Crippen molar-refractivity contribution in [1.29, 1.82) is 0 Å². The fourth-order valence-corrected chi connectivity index (χ4v) is 4.18. The minimum absolute atomic E-state index is 0.0440. The van der Waals surface area contributed by atoms with Gasteiger partial charge in [-0.25, -0.2) is 0 Å². The van der Waals surface area contributed by atoms with Gasteiger partial charge in [0.25, 0.3) is 0 Å². The highest BCUT2D eigenvalue weighted by atomic mass is 19.4. The van der Waals surface area contributed by atoms with Crippen molar-refractivity contribution in [1.82, 2.24) is 4.98 Å². The fraction of sp³-hybridized carbons (Fsp3) is 0.387.